The normalized spacial score (nSPS) is 11.0. The van der Waals surface area contributed by atoms with E-state index < -0.39 is 0 Å². The number of nitrogens with one attached hydrogen (secondary N) is 1. The van der Waals surface area contributed by atoms with Gasteiger partial charge in [-0.1, -0.05) is 19.9 Å². The van der Waals surface area contributed by atoms with E-state index in [0.29, 0.717) is 12.5 Å². The first-order valence-corrected chi connectivity index (χ1v) is 6.95. The Labute approximate surface area is 120 Å². The third-order valence-corrected chi connectivity index (χ3v) is 2.96. The molecule has 0 saturated heterocycles. The zero-order valence-corrected chi connectivity index (χ0v) is 12.3. The number of anilines is 1. The molecular formula is C16H22N2O2. The summed E-state index contributed by atoms with van der Waals surface area (Å²) in [6, 6.07) is 7.99. The molecule has 2 rings (SSSR count). The summed E-state index contributed by atoms with van der Waals surface area (Å²) >= 11 is 0. The molecule has 0 amide bonds. The summed E-state index contributed by atoms with van der Waals surface area (Å²) in [4.78, 5) is 4.39. The SMILES string of the molecule is COc1ccc2ccnc(NCCOCC(C)C)c2c1. The Morgan fingerprint density at radius 2 is 2.10 bits per heavy atom. The fourth-order valence-electron chi connectivity index (χ4n) is 1.98. The summed E-state index contributed by atoms with van der Waals surface area (Å²) in [5.74, 6) is 2.27. The van der Waals surface area contributed by atoms with Crippen molar-refractivity contribution in [3.05, 3.63) is 30.5 Å². The highest BCUT2D eigenvalue weighted by atomic mass is 16.5. The first-order valence-electron chi connectivity index (χ1n) is 6.95. The summed E-state index contributed by atoms with van der Waals surface area (Å²) < 4.78 is 10.8. The smallest absolute Gasteiger partial charge is 0.134 e. The van der Waals surface area contributed by atoms with Gasteiger partial charge in [0.2, 0.25) is 0 Å². The third-order valence-electron chi connectivity index (χ3n) is 2.96. The fraction of sp³-hybridized carbons (Fsp3) is 0.438. The Balaban J connectivity index is 2.02. The molecule has 0 atom stereocenters. The number of pyridine rings is 1. The lowest BCUT2D eigenvalue weighted by Crippen LogP contribution is -2.13. The second kappa shape index (κ2) is 7.10. The van der Waals surface area contributed by atoms with Gasteiger partial charge in [0.15, 0.2) is 0 Å². The van der Waals surface area contributed by atoms with Crippen LogP contribution in [0, 0.1) is 5.92 Å². The Hall–Kier alpha value is -1.81. The van der Waals surface area contributed by atoms with Gasteiger partial charge in [0.25, 0.3) is 0 Å². The number of aromatic nitrogens is 1. The molecule has 20 heavy (non-hydrogen) atoms. The average molecular weight is 274 g/mol. The topological polar surface area (TPSA) is 43.4 Å². The lowest BCUT2D eigenvalue weighted by Gasteiger charge is -2.11. The van der Waals surface area contributed by atoms with Gasteiger partial charge in [0.1, 0.15) is 11.6 Å². The summed E-state index contributed by atoms with van der Waals surface area (Å²) in [5.41, 5.74) is 0. The maximum Gasteiger partial charge on any atom is 0.134 e. The van der Waals surface area contributed by atoms with Crippen molar-refractivity contribution in [2.24, 2.45) is 5.92 Å². The van der Waals surface area contributed by atoms with Crippen LogP contribution in [0.5, 0.6) is 5.75 Å². The number of methoxy groups -OCH3 is 1. The van der Waals surface area contributed by atoms with Crippen LogP contribution in [0.15, 0.2) is 30.5 Å². The predicted octanol–water partition coefficient (Wildman–Crippen LogP) is 3.33. The van der Waals surface area contributed by atoms with Crippen LogP contribution in [0.3, 0.4) is 0 Å². The molecule has 0 saturated carbocycles. The number of rotatable bonds is 7. The molecule has 0 bridgehead atoms. The molecule has 0 aliphatic carbocycles. The van der Waals surface area contributed by atoms with Gasteiger partial charge in [-0.25, -0.2) is 4.98 Å². The van der Waals surface area contributed by atoms with Gasteiger partial charge >= 0.3 is 0 Å². The molecule has 0 spiro atoms. The van der Waals surface area contributed by atoms with Crippen molar-refractivity contribution >= 4 is 16.6 Å². The first-order chi connectivity index (χ1) is 9.70. The standard InChI is InChI=1S/C16H22N2O2/c1-12(2)11-20-9-8-18-16-15-10-14(19-3)5-4-13(15)6-7-17-16/h4-7,10,12H,8-9,11H2,1-3H3,(H,17,18). The van der Waals surface area contributed by atoms with Gasteiger partial charge in [-0.3, -0.25) is 0 Å². The second-order valence-corrected chi connectivity index (χ2v) is 5.14. The van der Waals surface area contributed by atoms with E-state index in [-0.39, 0.29) is 0 Å². The van der Waals surface area contributed by atoms with Crippen molar-refractivity contribution in [1.82, 2.24) is 4.98 Å². The van der Waals surface area contributed by atoms with Gasteiger partial charge in [-0.05, 0) is 29.5 Å². The van der Waals surface area contributed by atoms with Crippen LogP contribution in [-0.2, 0) is 4.74 Å². The zero-order valence-electron chi connectivity index (χ0n) is 12.3. The number of hydrogen-bond acceptors (Lipinski definition) is 4. The molecule has 1 aromatic carbocycles. The van der Waals surface area contributed by atoms with E-state index in [1.54, 1.807) is 7.11 Å². The fourth-order valence-corrected chi connectivity index (χ4v) is 1.98. The Morgan fingerprint density at radius 1 is 1.25 bits per heavy atom. The maximum absolute atomic E-state index is 5.56. The second-order valence-electron chi connectivity index (χ2n) is 5.14. The highest BCUT2D eigenvalue weighted by Crippen LogP contribution is 2.25. The van der Waals surface area contributed by atoms with Gasteiger partial charge in [-0.2, -0.15) is 0 Å². The zero-order chi connectivity index (χ0) is 14.4. The molecule has 1 heterocycles. The molecule has 2 aromatic rings. The highest BCUT2D eigenvalue weighted by Gasteiger charge is 2.03. The van der Waals surface area contributed by atoms with Crippen LogP contribution in [0.4, 0.5) is 5.82 Å². The van der Waals surface area contributed by atoms with Crippen LogP contribution in [0.25, 0.3) is 10.8 Å². The van der Waals surface area contributed by atoms with Crippen LogP contribution in [0.1, 0.15) is 13.8 Å². The number of nitrogens with zero attached hydrogens (tertiary/aromatic N) is 1. The largest absolute Gasteiger partial charge is 0.497 e. The number of benzene rings is 1. The van der Waals surface area contributed by atoms with Gasteiger partial charge < -0.3 is 14.8 Å². The Kier molecular flexibility index (Phi) is 5.18. The van der Waals surface area contributed by atoms with E-state index >= 15 is 0 Å². The quantitative estimate of drug-likeness (QED) is 0.786. The van der Waals surface area contributed by atoms with E-state index in [2.05, 4.69) is 24.1 Å². The van der Waals surface area contributed by atoms with Gasteiger partial charge in [-0.15, -0.1) is 0 Å². The van der Waals surface area contributed by atoms with E-state index in [1.807, 2.05) is 30.5 Å². The van der Waals surface area contributed by atoms with E-state index in [4.69, 9.17) is 9.47 Å². The summed E-state index contributed by atoms with van der Waals surface area (Å²) in [5, 5.41) is 5.53. The Morgan fingerprint density at radius 3 is 2.85 bits per heavy atom. The number of fused-ring (bicyclic) bond motifs is 1. The van der Waals surface area contributed by atoms with Crippen molar-refractivity contribution in [3.8, 4) is 5.75 Å². The molecule has 1 N–H and O–H groups in total. The number of hydrogen-bond donors (Lipinski definition) is 1. The first kappa shape index (κ1) is 14.6. The van der Waals surface area contributed by atoms with Crippen LogP contribution >= 0.6 is 0 Å². The summed E-state index contributed by atoms with van der Waals surface area (Å²) in [7, 11) is 1.67. The third kappa shape index (κ3) is 3.84. The molecule has 0 aliphatic heterocycles. The lowest BCUT2D eigenvalue weighted by atomic mass is 10.1. The summed E-state index contributed by atoms with van der Waals surface area (Å²) in [6.45, 7) is 6.51. The molecule has 0 aliphatic rings. The van der Waals surface area contributed by atoms with Crippen molar-refractivity contribution in [2.45, 2.75) is 13.8 Å². The molecule has 0 fully saturated rings. The van der Waals surface area contributed by atoms with E-state index in [0.717, 1.165) is 35.5 Å². The minimum absolute atomic E-state index is 0.565. The highest BCUT2D eigenvalue weighted by molar-refractivity contribution is 5.92. The van der Waals surface area contributed by atoms with Crippen molar-refractivity contribution < 1.29 is 9.47 Å². The van der Waals surface area contributed by atoms with Crippen molar-refractivity contribution in [1.29, 1.82) is 0 Å². The predicted molar refractivity (Wildman–Crippen MR) is 82.4 cm³/mol. The molecule has 4 nitrogen and oxygen atoms in total. The minimum atomic E-state index is 0.565. The van der Waals surface area contributed by atoms with Crippen molar-refractivity contribution in [2.75, 3.05) is 32.2 Å². The number of ether oxygens (including phenoxy) is 2. The van der Waals surface area contributed by atoms with Crippen LogP contribution < -0.4 is 10.1 Å². The van der Waals surface area contributed by atoms with E-state index in [1.165, 1.54) is 0 Å². The molecule has 4 heteroatoms. The Bertz CT molecular complexity index is 555. The minimum Gasteiger partial charge on any atom is -0.497 e. The monoisotopic (exact) mass is 274 g/mol. The molecule has 1 aromatic heterocycles. The van der Waals surface area contributed by atoms with Crippen LogP contribution in [0.2, 0.25) is 0 Å². The summed E-state index contributed by atoms with van der Waals surface area (Å²) in [6.07, 6.45) is 1.81. The molecular weight excluding hydrogens is 252 g/mol. The van der Waals surface area contributed by atoms with Gasteiger partial charge in [0.05, 0.1) is 13.7 Å². The van der Waals surface area contributed by atoms with Gasteiger partial charge in [0, 0.05) is 24.7 Å². The lowest BCUT2D eigenvalue weighted by molar-refractivity contribution is 0.118. The van der Waals surface area contributed by atoms with Crippen molar-refractivity contribution in [3.63, 3.8) is 0 Å². The molecule has 0 radical (unpaired) electrons. The molecule has 0 unspecified atom stereocenters. The maximum atomic E-state index is 5.56. The molecule has 108 valence electrons. The van der Waals surface area contributed by atoms with E-state index in [9.17, 15) is 0 Å². The van der Waals surface area contributed by atoms with Crippen LogP contribution in [-0.4, -0.2) is 31.9 Å². The average Bonchev–Trinajstić information content (AvgIpc) is 2.46.